The standard InChI is InChI=1S/C29H34BrN3O4S/c1-5-31-29(35)26(18-23-13-7-6-8-14-23)32(19-24-15-10-16-25(30)17-24)27(34)20-33(38(4,36)37)28-21(2)11-9-12-22(28)3/h6-17,26H,5,18-20H2,1-4H3,(H,31,35). The van der Waals surface area contributed by atoms with E-state index < -0.39 is 28.5 Å². The Morgan fingerprint density at radius 2 is 1.53 bits per heavy atom. The second-order valence-electron chi connectivity index (χ2n) is 9.26. The van der Waals surface area contributed by atoms with E-state index in [1.54, 1.807) is 0 Å². The number of carbonyl (C=O) groups excluding carboxylic acids is 2. The van der Waals surface area contributed by atoms with Crippen LogP contribution in [0.2, 0.25) is 0 Å². The summed E-state index contributed by atoms with van der Waals surface area (Å²) in [6, 6.07) is 21.6. The molecular formula is C29H34BrN3O4S. The van der Waals surface area contributed by atoms with E-state index in [4.69, 9.17) is 0 Å². The van der Waals surface area contributed by atoms with Gasteiger partial charge in [0.2, 0.25) is 21.8 Å². The number of sulfonamides is 1. The first-order valence-corrected chi connectivity index (χ1v) is 15.0. The lowest BCUT2D eigenvalue weighted by molar-refractivity contribution is -0.140. The monoisotopic (exact) mass is 599 g/mol. The van der Waals surface area contributed by atoms with Crippen LogP contribution in [0.5, 0.6) is 0 Å². The number of benzene rings is 3. The number of carbonyl (C=O) groups is 2. The van der Waals surface area contributed by atoms with E-state index in [0.717, 1.165) is 37.3 Å². The van der Waals surface area contributed by atoms with E-state index in [-0.39, 0.29) is 18.9 Å². The Hall–Kier alpha value is -3.17. The number of para-hydroxylation sites is 1. The van der Waals surface area contributed by atoms with Crippen LogP contribution in [0.4, 0.5) is 5.69 Å². The quantitative estimate of drug-likeness (QED) is 0.349. The molecule has 0 radical (unpaired) electrons. The van der Waals surface area contributed by atoms with Crippen molar-refractivity contribution in [1.82, 2.24) is 10.2 Å². The molecule has 0 aliphatic rings. The van der Waals surface area contributed by atoms with Crippen molar-refractivity contribution >= 4 is 43.5 Å². The minimum absolute atomic E-state index is 0.136. The molecule has 7 nitrogen and oxygen atoms in total. The summed E-state index contributed by atoms with van der Waals surface area (Å²) in [7, 11) is -3.81. The largest absolute Gasteiger partial charge is 0.355 e. The minimum Gasteiger partial charge on any atom is -0.355 e. The molecular weight excluding hydrogens is 566 g/mol. The Labute approximate surface area is 234 Å². The number of anilines is 1. The number of aryl methyl sites for hydroxylation is 2. The van der Waals surface area contributed by atoms with Crippen LogP contribution in [0.3, 0.4) is 0 Å². The van der Waals surface area contributed by atoms with Crippen molar-refractivity contribution in [2.75, 3.05) is 23.7 Å². The summed E-state index contributed by atoms with van der Waals surface area (Å²) < 4.78 is 27.9. The SMILES string of the molecule is CCNC(=O)C(Cc1ccccc1)N(Cc1cccc(Br)c1)C(=O)CN(c1c(C)cccc1C)S(C)(=O)=O. The maximum absolute atomic E-state index is 14.1. The van der Waals surface area contributed by atoms with Crippen LogP contribution in [0.15, 0.2) is 77.3 Å². The van der Waals surface area contributed by atoms with Crippen molar-refractivity contribution in [2.24, 2.45) is 0 Å². The average Bonchev–Trinajstić information content (AvgIpc) is 2.85. The first-order chi connectivity index (χ1) is 18.0. The fourth-order valence-corrected chi connectivity index (χ4v) is 5.86. The van der Waals surface area contributed by atoms with Gasteiger partial charge >= 0.3 is 0 Å². The smallest absolute Gasteiger partial charge is 0.244 e. The van der Waals surface area contributed by atoms with Crippen molar-refractivity contribution in [3.05, 3.63) is 99.5 Å². The van der Waals surface area contributed by atoms with Crippen LogP contribution in [-0.2, 0) is 32.6 Å². The molecule has 202 valence electrons. The van der Waals surface area contributed by atoms with E-state index in [2.05, 4.69) is 21.2 Å². The summed E-state index contributed by atoms with van der Waals surface area (Å²) >= 11 is 3.48. The highest BCUT2D eigenvalue weighted by molar-refractivity contribution is 9.10. The zero-order chi connectivity index (χ0) is 27.9. The van der Waals surface area contributed by atoms with Gasteiger partial charge in [-0.2, -0.15) is 0 Å². The number of amides is 2. The van der Waals surface area contributed by atoms with Gasteiger partial charge < -0.3 is 10.2 Å². The first kappa shape index (κ1) is 29.4. The highest BCUT2D eigenvalue weighted by Crippen LogP contribution is 2.27. The minimum atomic E-state index is -3.81. The Bertz CT molecular complexity index is 1360. The molecule has 0 aliphatic heterocycles. The normalized spacial score (nSPS) is 12.0. The average molecular weight is 601 g/mol. The number of nitrogens with one attached hydrogen (secondary N) is 1. The molecule has 2 amide bonds. The molecule has 9 heteroatoms. The molecule has 0 aliphatic carbocycles. The summed E-state index contributed by atoms with van der Waals surface area (Å²) in [6.07, 6.45) is 1.38. The van der Waals surface area contributed by atoms with Crippen molar-refractivity contribution in [1.29, 1.82) is 0 Å². The topological polar surface area (TPSA) is 86.8 Å². The maximum atomic E-state index is 14.1. The van der Waals surface area contributed by atoms with E-state index in [9.17, 15) is 18.0 Å². The Balaban J connectivity index is 2.08. The third-order valence-electron chi connectivity index (χ3n) is 6.23. The van der Waals surface area contributed by atoms with Gasteiger partial charge in [0.1, 0.15) is 12.6 Å². The second-order valence-corrected chi connectivity index (χ2v) is 12.1. The van der Waals surface area contributed by atoms with Crippen molar-refractivity contribution in [3.8, 4) is 0 Å². The zero-order valence-corrected chi connectivity index (χ0v) is 24.6. The number of halogens is 1. The lowest BCUT2D eigenvalue weighted by atomic mass is 10.0. The molecule has 38 heavy (non-hydrogen) atoms. The van der Waals surface area contributed by atoms with Gasteiger partial charge in [-0.05, 0) is 55.2 Å². The number of likely N-dealkylation sites (N-methyl/N-ethyl adjacent to an activating group) is 1. The van der Waals surface area contributed by atoms with Crippen LogP contribution >= 0.6 is 15.9 Å². The highest BCUT2D eigenvalue weighted by Gasteiger charge is 2.33. The van der Waals surface area contributed by atoms with E-state index in [1.165, 1.54) is 4.90 Å². The Morgan fingerprint density at radius 1 is 0.921 bits per heavy atom. The van der Waals surface area contributed by atoms with Gasteiger partial charge in [-0.3, -0.25) is 13.9 Å². The summed E-state index contributed by atoms with van der Waals surface area (Å²) in [4.78, 5) is 28.9. The van der Waals surface area contributed by atoms with Crippen LogP contribution < -0.4 is 9.62 Å². The second kappa shape index (κ2) is 13.1. The predicted octanol–water partition coefficient (Wildman–Crippen LogP) is 4.61. The Kier molecular flexibility index (Phi) is 10.1. The van der Waals surface area contributed by atoms with Crippen molar-refractivity contribution in [3.63, 3.8) is 0 Å². The van der Waals surface area contributed by atoms with Crippen molar-refractivity contribution < 1.29 is 18.0 Å². The summed E-state index contributed by atoms with van der Waals surface area (Å²) in [6.45, 7) is 5.57. The van der Waals surface area contributed by atoms with Gasteiger partial charge in [-0.25, -0.2) is 8.42 Å². The summed E-state index contributed by atoms with van der Waals surface area (Å²) in [5.41, 5.74) is 3.67. The lowest BCUT2D eigenvalue weighted by Crippen LogP contribution is -2.53. The van der Waals surface area contributed by atoms with Gasteiger partial charge in [0, 0.05) is 24.0 Å². The van der Waals surface area contributed by atoms with E-state index in [1.807, 2.05) is 93.6 Å². The molecule has 0 heterocycles. The molecule has 1 unspecified atom stereocenters. The van der Waals surface area contributed by atoms with Crippen LogP contribution in [0.25, 0.3) is 0 Å². The number of nitrogens with zero attached hydrogens (tertiary/aromatic N) is 2. The third kappa shape index (κ3) is 7.68. The van der Waals surface area contributed by atoms with E-state index >= 15 is 0 Å². The van der Waals surface area contributed by atoms with Gasteiger partial charge in [0.05, 0.1) is 11.9 Å². The van der Waals surface area contributed by atoms with Gasteiger partial charge in [0.15, 0.2) is 0 Å². The molecule has 3 aromatic carbocycles. The molecule has 3 rings (SSSR count). The van der Waals surface area contributed by atoms with Crippen molar-refractivity contribution in [2.45, 2.75) is 39.8 Å². The molecule has 3 aromatic rings. The van der Waals surface area contributed by atoms with E-state index in [0.29, 0.717) is 12.2 Å². The van der Waals surface area contributed by atoms with Crippen LogP contribution in [0.1, 0.15) is 29.2 Å². The molecule has 0 bridgehead atoms. The van der Waals surface area contributed by atoms with Crippen LogP contribution in [-0.4, -0.2) is 50.5 Å². The lowest BCUT2D eigenvalue weighted by Gasteiger charge is -2.34. The molecule has 0 saturated heterocycles. The molecule has 1 N–H and O–H groups in total. The summed E-state index contributed by atoms with van der Waals surface area (Å²) in [5.74, 6) is -0.761. The van der Waals surface area contributed by atoms with Gasteiger partial charge in [-0.1, -0.05) is 76.6 Å². The number of hydrogen-bond donors (Lipinski definition) is 1. The first-order valence-electron chi connectivity index (χ1n) is 12.4. The maximum Gasteiger partial charge on any atom is 0.244 e. The number of hydrogen-bond acceptors (Lipinski definition) is 4. The molecule has 0 spiro atoms. The predicted molar refractivity (Wildman–Crippen MR) is 155 cm³/mol. The molecule has 1 atom stereocenters. The zero-order valence-electron chi connectivity index (χ0n) is 22.1. The van der Waals surface area contributed by atoms with Crippen LogP contribution in [0, 0.1) is 13.8 Å². The number of rotatable bonds is 11. The molecule has 0 aromatic heterocycles. The fraction of sp³-hybridized carbons (Fsp3) is 0.310. The van der Waals surface area contributed by atoms with Gasteiger partial charge in [0.25, 0.3) is 0 Å². The fourth-order valence-electron chi connectivity index (χ4n) is 4.45. The third-order valence-corrected chi connectivity index (χ3v) is 7.84. The molecule has 0 saturated carbocycles. The van der Waals surface area contributed by atoms with Gasteiger partial charge in [-0.15, -0.1) is 0 Å². The molecule has 0 fully saturated rings. The highest BCUT2D eigenvalue weighted by atomic mass is 79.9. The Morgan fingerprint density at radius 3 is 2.11 bits per heavy atom. The summed E-state index contributed by atoms with van der Waals surface area (Å²) in [5, 5.41) is 2.86.